The summed E-state index contributed by atoms with van der Waals surface area (Å²) in [7, 11) is 0. The highest BCUT2D eigenvalue weighted by Gasteiger charge is 2.11. The molecule has 0 atom stereocenters. The molecule has 2 aromatic rings. The lowest BCUT2D eigenvalue weighted by Crippen LogP contribution is -2.16. The predicted octanol–water partition coefficient (Wildman–Crippen LogP) is 0.540. The number of amidine groups is 1. The zero-order valence-corrected chi connectivity index (χ0v) is 11.8. The molecule has 0 saturated heterocycles. The number of nitrogens with one attached hydrogen (secondary N) is 1. The minimum Gasteiger partial charge on any atom is -0.409 e. The quantitative estimate of drug-likeness (QED) is 0.327. The number of rotatable bonds is 4. The van der Waals surface area contributed by atoms with E-state index in [0.717, 1.165) is 5.69 Å². The van der Waals surface area contributed by atoms with Crippen LogP contribution < -0.4 is 11.4 Å². The largest absolute Gasteiger partial charge is 0.409 e. The second kappa shape index (κ2) is 5.78. The molecule has 0 spiro atoms. The zero-order chi connectivity index (χ0) is 14.7. The fraction of sp³-hybridized carbons (Fsp3) is 0.273. The van der Waals surface area contributed by atoms with Crippen molar-refractivity contribution in [1.82, 2.24) is 19.7 Å². The van der Waals surface area contributed by atoms with Crippen LogP contribution in [0.25, 0.3) is 0 Å². The molecule has 2 heterocycles. The van der Waals surface area contributed by atoms with Gasteiger partial charge in [0.15, 0.2) is 11.0 Å². The van der Waals surface area contributed by atoms with E-state index < -0.39 is 0 Å². The highest BCUT2D eigenvalue weighted by molar-refractivity contribution is 7.99. The number of nitrogens with zero attached hydrogens (tertiary/aromatic N) is 4. The van der Waals surface area contributed by atoms with Crippen LogP contribution in [0.1, 0.15) is 18.2 Å². The molecule has 2 rings (SSSR count). The maximum absolute atomic E-state index is 11.5. The van der Waals surface area contributed by atoms with Crippen LogP contribution in [0.5, 0.6) is 0 Å². The van der Waals surface area contributed by atoms with Crippen molar-refractivity contribution in [1.29, 1.82) is 0 Å². The summed E-state index contributed by atoms with van der Waals surface area (Å²) in [6.07, 6.45) is 0. The van der Waals surface area contributed by atoms with E-state index in [1.807, 2.05) is 6.92 Å². The highest BCUT2D eigenvalue weighted by atomic mass is 32.2. The molecule has 0 radical (unpaired) electrons. The maximum atomic E-state index is 11.5. The molecule has 0 aliphatic carbocycles. The molecule has 4 N–H and O–H groups in total. The van der Waals surface area contributed by atoms with Gasteiger partial charge in [0, 0.05) is 17.8 Å². The van der Waals surface area contributed by atoms with Crippen molar-refractivity contribution in [2.45, 2.75) is 30.6 Å². The van der Waals surface area contributed by atoms with Gasteiger partial charge in [-0.05, 0) is 37.7 Å². The van der Waals surface area contributed by atoms with E-state index in [1.54, 1.807) is 19.1 Å². The summed E-state index contributed by atoms with van der Waals surface area (Å²) < 4.78 is 1.50. The van der Waals surface area contributed by atoms with Gasteiger partial charge in [-0.15, -0.1) is 5.10 Å². The van der Waals surface area contributed by atoms with E-state index in [2.05, 4.69) is 20.3 Å². The summed E-state index contributed by atoms with van der Waals surface area (Å²) in [4.78, 5) is 15.8. The molecule has 20 heavy (non-hydrogen) atoms. The fourth-order valence-electron chi connectivity index (χ4n) is 1.65. The van der Waals surface area contributed by atoms with Gasteiger partial charge < -0.3 is 10.9 Å². The van der Waals surface area contributed by atoms with Crippen molar-refractivity contribution in [2.75, 3.05) is 0 Å². The van der Waals surface area contributed by atoms with Crippen LogP contribution in [-0.4, -0.2) is 30.8 Å². The summed E-state index contributed by atoms with van der Waals surface area (Å²) in [5.41, 5.74) is 6.59. The molecule has 0 aliphatic heterocycles. The summed E-state index contributed by atoms with van der Waals surface area (Å²) in [6.45, 7) is 4.17. The summed E-state index contributed by atoms with van der Waals surface area (Å²) in [5.74, 6) is 0.00672. The van der Waals surface area contributed by atoms with Gasteiger partial charge >= 0.3 is 5.69 Å². The van der Waals surface area contributed by atoms with Crippen LogP contribution in [0.3, 0.4) is 0 Å². The van der Waals surface area contributed by atoms with E-state index in [9.17, 15) is 4.79 Å². The molecular weight excluding hydrogens is 280 g/mol. The van der Waals surface area contributed by atoms with Crippen LogP contribution in [0.15, 0.2) is 32.3 Å². The lowest BCUT2D eigenvalue weighted by Gasteiger charge is -2.05. The Bertz CT molecular complexity index is 705. The van der Waals surface area contributed by atoms with E-state index in [0.29, 0.717) is 22.3 Å². The number of nitrogens with two attached hydrogens (primary N) is 1. The molecule has 0 unspecified atom stereocenters. The first-order chi connectivity index (χ1) is 9.55. The topological polar surface area (TPSA) is 122 Å². The lowest BCUT2D eigenvalue weighted by molar-refractivity contribution is 0.318. The van der Waals surface area contributed by atoms with Crippen LogP contribution in [0.2, 0.25) is 0 Å². The number of aromatic amines is 1. The first-order valence-corrected chi connectivity index (χ1v) is 6.66. The van der Waals surface area contributed by atoms with Crippen LogP contribution in [0.4, 0.5) is 0 Å². The fourth-order valence-corrected chi connectivity index (χ4v) is 2.63. The maximum Gasteiger partial charge on any atom is 0.343 e. The van der Waals surface area contributed by atoms with Gasteiger partial charge in [0.05, 0.1) is 0 Å². The van der Waals surface area contributed by atoms with Crippen molar-refractivity contribution in [2.24, 2.45) is 10.9 Å². The Kier molecular flexibility index (Phi) is 4.08. The summed E-state index contributed by atoms with van der Waals surface area (Å²) >= 11 is 1.23. The van der Waals surface area contributed by atoms with Gasteiger partial charge in [-0.2, -0.15) is 0 Å². The Balaban J connectivity index is 2.38. The smallest absolute Gasteiger partial charge is 0.343 e. The van der Waals surface area contributed by atoms with Crippen molar-refractivity contribution < 1.29 is 5.21 Å². The third-order valence-electron chi connectivity index (χ3n) is 2.57. The predicted molar refractivity (Wildman–Crippen MR) is 74.1 cm³/mol. The summed E-state index contributed by atoms with van der Waals surface area (Å²) in [5, 5.41) is 19.1. The van der Waals surface area contributed by atoms with E-state index >= 15 is 0 Å². The van der Waals surface area contributed by atoms with Crippen LogP contribution >= 0.6 is 11.8 Å². The number of aromatic nitrogens is 4. The average Bonchev–Trinajstić information content (AvgIpc) is 2.77. The van der Waals surface area contributed by atoms with E-state index in [4.69, 9.17) is 10.9 Å². The molecule has 0 amide bonds. The Morgan fingerprint density at radius 2 is 2.35 bits per heavy atom. The molecule has 0 aromatic carbocycles. The minimum absolute atomic E-state index is 0.00672. The highest BCUT2D eigenvalue weighted by Crippen LogP contribution is 2.24. The van der Waals surface area contributed by atoms with Gasteiger partial charge in [-0.3, -0.25) is 4.57 Å². The Hall–Kier alpha value is -2.29. The number of hydrogen-bond donors (Lipinski definition) is 3. The molecule has 0 fully saturated rings. The van der Waals surface area contributed by atoms with E-state index in [-0.39, 0.29) is 11.5 Å². The van der Waals surface area contributed by atoms with Gasteiger partial charge in [0.1, 0.15) is 5.03 Å². The van der Waals surface area contributed by atoms with Crippen LogP contribution in [0, 0.1) is 6.92 Å². The zero-order valence-electron chi connectivity index (χ0n) is 11.0. The van der Waals surface area contributed by atoms with E-state index in [1.165, 1.54) is 16.3 Å². The van der Waals surface area contributed by atoms with Crippen molar-refractivity contribution in [3.8, 4) is 0 Å². The molecule has 8 nitrogen and oxygen atoms in total. The second-order valence-electron chi connectivity index (χ2n) is 3.98. The molecule has 0 aliphatic rings. The number of pyridine rings is 1. The number of oxime groups is 1. The van der Waals surface area contributed by atoms with Gasteiger partial charge in [0.2, 0.25) is 0 Å². The van der Waals surface area contributed by atoms with Gasteiger partial charge in [0.25, 0.3) is 0 Å². The third kappa shape index (κ3) is 2.82. The monoisotopic (exact) mass is 294 g/mol. The number of hydrogen-bond acceptors (Lipinski definition) is 6. The molecule has 0 bridgehead atoms. The van der Waals surface area contributed by atoms with Crippen molar-refractivity contribution in [3.63, 3.8) is 0 Å². The third-order valence-corrected chi connectivity index (χ3v) is 3.48. The normalized spacial score (nSPS) is 11.8. The molecule has 9 heteroatoms. The Morgan fingerprint density at radius 3 is 3.00 bits per heavy atom. The van der Waals surface area contributed by atoms with Crippen molar-refractivity contribution in [3.05, 3.63) is 33.9 Å². The van der Waals surface area contributed by atoms with Crippen molar-refractivity contribution >= 4 is 17.6 Å². The number of aryl methyl sites for hydroxylation is 1. The lowest BCUT2D eigenvalue weighted by atomic mass is 10.2. The van der Waals surface area contributed by atoms with Crippen LogP contribution in [-0.2, 0) is 6.54 Å². The first kappa shape index (κ1) is 14.1. The molecule has 106 valence electrons. The number of H-pyrrole nitrogens is 1. The van der Waals surface area contributed by atoms with Gasteiger partial charge in [-0.1, -0.05) is 5.16 Å². The molecular formula is C11H14N6O2S. The Morgan fingerprint density at radius 1 is 1.60 bits per heavy atom. The standard InChI is InChI=1S/C11H14N6O2S/c1-3-17-10(18)14-15-11(17)20-8-5-7(9(12)16-19)4-6(2)13-8/h4-5,19H,3H2,1-2H3,(H2,12,16)(H,14,18). The molecule has 0 saturated carbocycles. The van der Waals surface area contributed by atoms with Gasteiger partial charge in [-0.25, -0.2) is 14.9 Å². The second-order valence-corrected chi connectivity index (χ2v) is 4.97. The average molecular weight is 294 g/mol. The minimum atomic E-state index is -0.265. The SMILES string of the molecule is CCn1c(Sc2cc(/C(N)=N/O)cc(C)n2)n[nH]c1=O. The summed E-state index contributed by atoms with van der Waals surface area (Å²) in [6, 6.07) is 3.38. The molecule has 2 aromatic heterocycles. The first-order valence-electron chi connectivity index (χ1n) is 5.84. The Labute approximate surface area is 118 Å².